The summed E-state index contributed by atoms with van der Waals surface area (Å²) >= 11 is 1.28. The summed E-state index contributed by atoms with van der Waals surface area (Å²) in [6.45, 7) is 3.85. The first kappa shape index (κ1) is 15.5. The molecule has 0 saturated heterocycles. The Kier molecular flexibility index (Phi) is 4.57. The highest BCUT2D eigenvalue weighted by Gasteiger charge is 2.19. The van der Waals surface area contributed by atoms with Crippen LogP contribution in [0.25, 0.3) is 11.5 Å². The highest BCUT2D eigenvalue weighted by Crippen LogP contribution is 2.27. The van der Waals surface area contributed by atoms with Crippen LogP contribution in [0.2, 0.25) is 0 Å². The molecule has 0 amide bonds. The van der Waals surface area contributed by atoms with E-state index in [-0.39, 0.29) is 11.0 Å². The number of aryl methyl sites for hydroxylation is 1. The lowest BCUT2D eigenvalue weighted by atomic mass is 10.1. The summed E-state index contributed by atoms with van der Waals surface area (Å²) in [6.07, 6.45) is 0. The molecule has 0 N–H and O–H groups in total. The molecule has 2 aromatic carbocycles. The van der Waals surface area contributed by atoms with Crippen molar-refractivity contribution in [1.29, 1.82) is 0 Å². The third kappa shape index (κ3) is 3.68. The molecule has 0 bridgehead atoms. The molecular weight excluding hydrogens is 308 g/mol. The topological polar surface area (TPSA) is 56.0 Å². The third-order valence-electron chi connectivity index (χ3n) is 3.38. The van der Waals surface area contributed by atoms with Crippen LogP contribution in [-0.4, -0.2) is 21.2 Å². The number of carbonyl (C=O) groups is 1. The molecule has 116 valence electrons. The summed E-state index contributed by atoms with van der Waals surface area (Å²) in [6, 6.07) is 17.1. The maximum atomic E-state index is 12.4. The summed E-state index contributed by atoms with van der Waals surface area (Å²) in [5.41, 5.74) is 2.69. The van der Waals surface area contributed by atoms with Crippen LogP contribution in [0.4, 0.5) is 0 Å². The number of rotatable bonds is 5. The van der Waals surface area contributed by atoms with Crippen molar-refractivity contribution in [3.63, 3.8) is 0 Å². The Labute approximate surface area is 138 Å². The van der Waals surface area contributed by atoms with Crippen LogP contribution < -0.4 is 0 Å². The average molecular weight is 324 g/mol. The number of hydrogen-bond donors (Lipinski definition) is 0. The maximum absolute atomic E-state index is 12.4. The van der Waals surface area contributed by atoms with Gasteiger partial charge in [-0.15, -0.1) is 10.2 Å². The standard InChI is InChI=1S/C18H16N2O2S/c1-12-7-6-10-15(11-12)17-19-20-18(22-17)23-13(2)16(21)14-8-4-3-5-9-14/h3-11,13H,1-2H3/t13-/m0/s1. The number of nitrogens with zero attached hydrogens (tertiary/aromatic N) is 2. The van der Waals surface area contributed by atoms with Crippen LogP contribution >= 0.6 is 11.8 Å². The quantitative estimate of drug-likeness (QED) is 0.514. The van der Waals surface area contributed by atoms with Gasteiger partial charge in [-0.3, -0.25) is 4.79 Å². The first-order valence-corrected chi connectivity index (χ1v) is 8.18. The van der Waals surface area contributed by atoms with Gasteiger partial charge in [0.1, 0.15) is 0 Å². The molecular formula is C18H16N2O2S. The van der Waals surface area contributed by atoms with E-state index in [9.17, 15) is 4.79 Å². The highest BCUT2D eigenvalue weighted by atomic mass is 32.2. The van der Waals surface area contributed by atoms with E-state index in [4.69, 9.17) is 4.42 Å². The second kappa shape index (κ2) is 6.79. The molecule has 1 aromatic heterocycles. The van der Waals surface area contributed by atoms with E-state index in [1.54, 1.807) is 0 Å². The van der Waals surface area contributed by atoms with E-state index in [0.29, 0.717) is 16.7 Å². The van der Waals surface area contributed by atoms with E-state index >= 15 is 0 Å². The van der Waals surface area contributed by atoms with E-state index in [1.807, 2.05) is 68.4 Å². The van der Waals surface area contributed by atoms with Gasteiger partial charge >= 0.3 is 0 Å². The minimum atomic E-state index is -0.289. The van der Waals surface area contributed by atoms with Crippen molar-refractivity contribution < 1.29 is 9.21 Å². The van der Waals surface area contributed by atoms with Gasteiger partial charge in [0.05, 0.1) is 5.25 Å². The van der Waals surface area contributed by atoms with Gasteiger partial charge in [-0.1, -0.05) is 59.8 Å². The van der Waals surface area contributed by atoms with E-state index in [0.717, 1.165) is 11.1 Å². The molecule has 0 aliphatic heterocycles. The van der Waals surface area contributed by atoms with E-state index in [1.165, 1.54) is 11.8 Å². The predicted octanol–water partition coefficient (Wildman–Crippen LogP) is 4.41. The molecule has 0 unspecified atom stereocenters. The summed E-state index contributed by atoms with van der Waals surface area (Å²) in [4.78, 5) is 12.4. The van der Waals surface area contributed by atoms with Crippen LogP contribution in [0.5, 0.6) is 0 Å². The van der Waals surface area contributed by atoms with Crippen LogP contribution in [0, 0.1) is 6.92 Å². The van der Waals surface area contributed by atoms with E-state index < -0.39 is 0 Å². The van der Waals surface area contributed by atoms with Crippen molar-refractivity contribution in [2.24, 2.45) is 0 Å². The van der Waals surface area contributed by atoms with Gasteiger partial charge in [-0.25, -0.2) is 0 Å². The second-order valence-corrected chi connectivity index (χ2v) is 6.53. The Bertz CT molecular complexity index is 815. The van der Waals surface area contributed by atoms with Crippen LogP contribution in [0.1, 0.15) is 22.8 Å². The number of hydrogen-bond acceptors (Lipinski definition) is 5. The third-order valence-corrected chi connectivity index (χ3v) is 4.31. The van der Waals surface area contributed by atoms with Crippen LogP contribution in [0.15, 0.2) is 64.2 Å². The van der Waals surface area contributed by atoms with Gasteiger partial charge in [0.25, 0.3) is 5.22 Å². The molecule has 4 nitrogen and oxygen atoms in total. The zero-order valence-corrected chi connectivity index (χ0v) is 13.7. The zero-order chi connectivity index (χ0) is 16.2. The fourth-order valence-corrected chi connectivity index (χ4v) is 2.95. The first-order chi connectivity index (χ1) is 11.1. The van der Waals surface area contributed by atoms with Gasteiger partial charge in [0.2, 0.25) is 5.89 Å². The lowest BCUT2D eigenvalue weighted by Crippen LogP contribution is -2.13. The van der Waals surface area contributed by atoms with Gasteiger partial charge in [-0.05, 0) is 26.0 Å². The molecule has 0 aliphatic rings. The molecule has 3 aromatic rings. The van der Waals surface area contributed by atoms with Gasteiger partial charge < -0.3 is 4.42 Å². The second-order valence-electron chi connectivity index (χ2n) is 5.23. The number of benzene rings is 2. The Hall–Kier alpha value is -2.40. The number of thioether (sulfide) groups is 1. The van der Waals surface area contributed by atoms with Gasteiger partial charge in [-0.2, -0.15) is 0 Å². The fourth-order valence-electron chi connectivity index (χ4n) is 2.19. The SMILES string of the molecule is Cc1cccc(-c2nnc(S[C@@H](C)C(=O)c3ccccc3)o2)c1. The Morgan fingerprint density at radius 2 is 1.87 bits per heavy atom. The number of Topliss-reactive ketones (excluding diaryl/α,β-unsaturated/α-hetero) is 1. The smallest absolute Gasteiger partial charge is 0.277 e. The summed E-state index contributed by atoms with van der Waals surface area (Å²) in [7, 11) is 0. The normalized spacial score (nSPS) is 12.1. The number of aromatic nitrogens is 2. The molecule has 0 radical (unpaired) electrons. The number of carbonyl (C=O) groups excluding carboxylic acids is 1. The molecule has 0 spiro atoms. The van der Waals surface area contributed by atoms with Crippen molar-refractivity contribution in [2.45, 2.75) is 24.3 Å². The lowest BCUT2D eigenvalue weighted by molar-refractivity contribution is 0.0993. The van der Waals surface area contributed by atoms with Gasteiger partial charge in [0, 0.05) is 11.1 Å². The summed E-state index contributed by atoms with van der Waals surface area (Å²) in [5.74, 6) is 0.515. The zero-order valence-electron chi connectivity index (χ0n) is 12.9. The Balaban J connectivity index is 1.73. The minimum Gasteiger partial charge on any atom is -0.411 e. The molecule has 0 aliphatic carbocycles. The van der Waals surface area contributed by atoms with Crippen molar-refractivity contribution >= 4 is 17.5 Å². The van der Waals surface area contributed by atoms with Crippen molar-refractivity contribution in [1.82, 2.24) is 10.2 Å². The Morgan fingerprint density at radius 3 is 2.61 bits per heavy atom. The fraction of sp³-hybridized carbons (Fsp3) is 0.167. The van der Waals surface area contributed by atoms with Crippen LogP contribution in [-0.2, 0) is 0 Å². The monoisotopic (exact) mass is 324 g/mol. The maximum Gasteiger partial charge on any atom is 0.277 e. The van der Waals surface area contributed by atoms with Crippen molar-refractivity contribution in [2.75, 3.05) is 0 Å². The first-order valence-electron chi connectivity index (χ1n) is 7.30. The van der Waals surface area contributed by atoms with Crippen molar-refractivity contribution in [3.8, 4) is 11.5 Å². The largest absolute Gasteiger partial charge is 0.411 e. The molecule has 0 fully saturated rings. The number of ketones is 1. The Morgan fingerprint density at radius 1 is 1.09 bits per heavy atom. The lowest BCUT2D eigenvalue weighted by Gasteiger charge is -2.06. The van der Waals surface area contributed by atoms with Crippen LogP contribution in [0.3, 0.4) is 0 Å². The molecule has 23 heavy (non-hydrogen) atoms. The predicted molar refractivity (Wildman–Crippen MR) is 90.6 cm³/mol. The van der Waals surface area contributed by atoms with Crippen molar-refractivity contribution in [3.05, 3.63) is 65.7 Å². The molecule has 5 heteroatoms. The van der Waals surface area contributed by atoms with E-state index in [2.05, 4.69) is 10.2 Å². The highest BCUT2D eigenvalue weighted by molar-refractivity contribution is 8.00. The van der Waals surface area contributed by atoms with Gasteiger partial charge in [0.15, 0.2) is 5.78 Å². The minimum absolute atomic E-state index is 0.0471. The summed E-state index contributed by atoms with van der Waals surface area (Å²) < 4.78 is 5.67. The molecule has 1 atom stereocenters. The summed E-state index contributed by atoms with van der Waals surface area (Å²) in [5, 5.41) is 8.21. The average Bonchev–Trinajstić information content (AvgIpc) is 3.03. The molecule has 0 saturated carbocycles. The molecule has 3 rings (SSSR count). The molecule has 1 heterocycles.